The van der Waals surface area contributed by atoms with Crippen LogP contribution >= 0.6 is 0 Å². The fraction of sp³-hybridized carbons (Fsp3) is 0.389. The van der Waals surface area contributed by atoms with Crippen LogP contribution in [0.4, 0.5) is 0 Å². The van der Waals surface area contributed by atoms with Gasteiger partial charge in [-0.1, -0.05) is 25.1 Å². The van der Waals surface area contributed by atoms with Gasteiger partial charge in [-0.3, -0.25) is 4.98 Å². The largest absolute Gasteiger partial charge is 0.487 e. The summed E-state index contributed by atoms with van der Waals surface area (Å²) in [5, 5.41) is 3.49. The van der Waals surface area contributed by atoms with Gasteiger partial charge in [0.1, 0.15) is 12.4 Å². The quantitative estimate of drug-likeness (QED) is 0.844. The van der Waals surface area contributed by atoms with E-state index >= 15 is 0 Å². The Bertz CT molecular complexity index is 576. The molecule has 3 heteroatoms. The smallest absolute Gasteiger partial charge is 0.130 e. The third-order valence-corrected chi connectivity index (χ3v) is 3.75. The Balaban J connectivity index is 1.52. The summed E-state index contributed by atoms with van der Waals surface area (Å²) in [6.07, 6.45) is 5.60. The Hall–Kier alpha value is -1.87. The van der Waals surface area contributed by atoms with Crippen LogP contribution in [0.1, 0.15) is 36.6 Å². The van der Waals surface area contributed by atoms with E-state index in [1.807, 2.05) is 24.4 Å². The van der Waals surface area contributed by atoms with E-state index in [2.05, 4.69) is 35.4 Å². The first-order chi connectivity index (χ1) is 10.3. The number of aromatic nitrogens is 1. The number of pyridine rings is 1. The molecule has 1 aromatic carbocycles. The summed E-state index contributed by atoms with van der Waals surface area (Å²) in [7, 11) is 0. The second-order valence-electron chi connectivity index (χ2n) is 5.60. The summed E-state index contributed by atoms with van der Waals surface area (Å²) in [6.45, 7) is 3.58. The monoisotopic (exact) mass is 282 g/mol. The maximum Gasteiger partial charge on any atom is 0.130 e. The van der Waals surface area contributed by atoms with Gasteiger partial charge in [-0.2, -0.15) is 0 Å². The van der Waals surface area contributed by atoms with Gasteiger partial charge in [0.05, 0.1) is 5.69 Å². The van der Waals surface area contributed by atoms with E-state index < -0.39 is 0 Å². The van der Waals surface area contributed by atoms with Crippen LogP contribution in [0.3, 0.4) is 0 Å². The van der Waals surface area contributed by atoms with Crippen molar-refractivity contribution in [1.29, 1.82) is 0 Å². The third kappa shape index (κ3) is 4.30. The predicted molar refractivity (Wildman–Crippen MR) is 84.3 cm³/mol. The molecule has 0 saturated heterocycles. The number of hydrogen-bond donors (Lipinski definition) is 1. The second-order valence-corrected chi connectivity index (χ2v) is 5.60. The molecule has 21 heavy (non-hydrogen) atoms. The molecule has 1 saturated carbocycles. The first-order valence-corrected chi connectivity index (χ1v) is 7.72. The van der Waals surface area contributed by atoms with E-state index in [9.17, 15) is 0 Å². The lowest BCUT2D eigenvalue weighted by molar-refractivity contribution is 0.301. The molecule has 3 rings (SSSR count). The standard InChI is InChI=1S/C18H22N2O/c1-2-14-4-3-5-18(10-14)21-13-17-7-6-15(12-20-17)11-19-16-8-9-16/h3-7,10,12,16,19H,2,8-9,11,13H2,1H3. The van der Waals surface area contributed by atoms with E-state index in [1.165, 1.54) is 24.0 Å². The highest BCUT2D eigenvalue weighted by molar-refractivity contribution is 5.28. The molecule has 1 aromatic heterocycles. The molecule has 1 N–H and O–H groups in total. The minimum atomic E-state index is 0.517. The molecule has 3 nitrogen and oxygen atoms in total. The number of ether oxygens (including phenoxy) is 1. The van der Waals surface area contributed by atoms with Crippen LogP contribution in [0.5, 0.6) is 5.75 Å². The van der Waals surface area contributed by atoms with Crippen molar-refractivity contribution in [1.82, 2.24) is 10.3 Å². The van der Waals surface area contributed by atoms with E-state index in [4.69, 9.17) is 4.74 Å². The minimum Gasteiger partial charge on any atom is -0.487 e. The average molecular weight is 282 g/mol. The van der Waals surface area contributed by atoms with E-state index in [1.54, 1.807) is 0 Å². The van der Waals surface area contributed by atoms with Crippen molar-refractivity contribution < 1.29 is 4.74 Å². The van der Waals surface area contributed by atoms with Crippen molar-refractivity contribution in [2.75, 3.05) is 0 Å². The zero-order valence-corrected chi connectivity index (χ0v) is 12.5. The van der Waals surface area contributed by atoms with Crippen LogP contribution in [-0.4, -0.2) is 11.0 Å². The first-order valence-electron chi connectivity index (χ1n) is 7.72. The zero-order chi connectivity index (χ0) is 14.5. The van der Waals surface area contributed by atoms with Crippen molar-refractivity contribution in [3.05, 3.63) is 59.4 Å². The zero-order valence-electron chi connectivity index (χ0n) is 12.5. The Kier molecular flexibility index (Phi) is 4.51. The molecule has 0 spiro atoms. The van der Waals surface area contributed by atoms with Gasteiger partial charge in [-0.05, 0) is 48.6 Å². The lowest BCUT2D eigenvalue weighted by atomic mass is 10.2. The number of nitrogens with zero attached hydrogens (tertiary/aromatic N) is 1. The van der Waals surface area contributed by atoms with Gasteiger partial charge in [0, 0.05) is 18.8 Å². The molecule has 110 valence electrons. The Morgan fingerprint density at radius 2 is 2.10 bits per heavy atom. The Morgan fingerprint density at radius 3 is 2.81 bits per heavy atom. The van der Waals surface area contributed by atoms with Gasteiger partial charge < -0.3 is 10.1 Å². The van der Waals surface area contributed by atoms with Crippen LogP contribution in [0.2, 0.25) is 0 Å². The maximum absolute atomic E-state index is 5.80. The highest BCUT2D eigenvalue weighted by Gasteiger charge is 2.19. The molecular formula is C18H22N2O. The van der Waals surface area contributed by atoms with Gasteiger partial charge >= 0.3 is 0 Å². The van der Waals surface area contributed by atoms with Crippen molar-refractivity contribution >= 4 is 0 Å². The molecule has 0 radical (unpaired) electrons. The van der Waals surface area contributed by atoms with Gasteiger partial charge in [0.2, 0.25) is 0 Å². The van der Waals surface area contributed by atoms with Crippen LogP contribution in [0.25, 0.3) is 0 Å². The average Bonchev–Trinajstić information content (AvgIpc) is 3.36. The number of hydrogen-bond acceptors (Lipinski definition) is 3. The molecule has 2 aromatic rings. The highest BCUT2D eigenvalue weighted by atomic mass is 16.5. The lowest BCUT2D eigenvalue weighted by Gasteiger charge is -2.08. The van der Waals surface area contributed by atoms with Crippen molar-refractivity contribution in [3.63, 3.8) is 0 Å². The lowest BCUT2D eigenvalue weighted by Crippen LogP contribution is -2.15. The van der Waals surface area contributed by atoms with Crippen molar-refractivity contribution in [2.45, 2.75) is 45.4 Å². The van der Waals surface area contributed by atoms with Crippen LogP contribution in [0.15, 0.2) is 42.6 Å². The van der Waals surface area contributed by atoms with Crippen molar-refractivity contribution in [3.8, 4) is 5.75 Å². The molecule has 1 fully saturated rings. The molecule has 1 heterocycles. The van der Waals surface area contributed by atoms with E-state index in [0.29, 0.717) is 6.61 Å². The summed E-state index contributed by atoms with van der Waals surface area (Å²) < 4.78 is 5.80. The van der Waals surface area contributed by atoms with Gasteiger partial charge in [0.15, 0.2) is 0 Å². The van der Waals surface area contributed by atoms with Gasteiger partial charge in [0.25, 0.3) is 0 Å². The maximum atomic E-state index is 5.80. The SMILES string of the molecule is CCc1cccc(OCc2ccc(CNC3CC3)cn2)c1. The molecule has 1 aliphatic carbocycles. The summed E-state index contributed by atoms with van der Waals surface area (Å²) in [5.41, 5.74) is 3.49. The normalized spacial score (nSPS) is 14.1. The highest BCUT2D eigenvalue weighted by Crippen LogP contribution is 2.19. The summed E-state index contributed by atoms with van der Waals surface area (Å²) >= 11 is 0. The topological polar surface area (TPSA) is 34.1 Å². The molecular weight excluding hydrogens is 260 g/mol. The second kappa shape index (κ2) is 6.72. The fourth-order valence-corrected chi connectivity index (χ4v) is 2.21. The summed E-state index contributed by atoms with van der Waals surface area (Å²) in [4.78, 5) is 4.47. The first kappa shape index (κ1) is 14.1. The minimum absolute atomic E-state index is 0.517. The predicted octanol–water partition coefficient (Wildman–Crippen LogP) is 3.48. The van der Waals surface area contributed by atoms with E-state index in [-0.39, 0.29) is 0 Å². The van der Waals surface area contributed by atoms with E-state index in [0.717, 1.165) is 30.5 Å². The van der Waals surface area contributed by atoms with Crippen molar-refractivity contribution in [2.24, 2.45) is 0 Å². The molecule has 0 amide bonds. The Morgan fingerprint density at radius 1 is 1.19 bits per heavy atom. The number of aryl methyl sites for hydroxylation is 1. The van der Waals surface area contributed by atoms with Gasteiger partial charge in [-0.25, -0.2) is 0 Å². The number of nitrogens with one attached hydrogen (secondary N) is 1. The van der Waals surface area contributed by atoms with Crippen LogP contribution in [-0.2, 0) is 19.6 Å². The number of rotatable bonds is 7. The molecule has 0 bridgehead atoms. The van der Waals surface area contributed by atoms with Crippen LogP contribution in [0, 0.1) is 0 Å². The van der Waals surface area contributed by atoms with Gasteiger partial charge in [-0.15, -0.1) is 0 Å². The fourth-order valence-electron chi connectivity index (χ4n) is 2.21. The molecule has 0 atom stereocenters. The van der Waals surface area contributed by atoms with Crippen LogP contribution < -0.4 is 10.1 Å². The molecule has 1 aliphatic rings. The summed E-state index contributed by atoms with van der Waals surface area (Å²) in [5.74, 6) is 0.913. The Labute approximate surface area is 126 Å². The molecule has 0 unspecified atom stereocenters. The third-order valence-electron chi connectivity index (χ3n) is 3.75. The molecule has 0 aliphatic heterocycles. The summed E-state index contributed by atoms with van der Waals surface area (Å²) in [6, 6.07) is 13.2. The number of benzene rings is 1.